The fourth-order valence-corrected chi connectivity index (χ4v) is 3.25. The fraction of sp³-hybridized carbons (Fsp3) is 0.476. The molecule has 3 rings (SSSR count). The number of benzene rings is 1. The van der Waals surface area contributed by atoms with Crippen molar-refractivity contribution >= 4 is 11.9 Å². The maximum Gasteiger partial charge on any atom is 0.270 e. The lowest BCUT2D eigenvalue weighted by Gasteiger charge is -2.30. The molecular weight excluding hydrogens is 356 g/mol. The van der Waals surface area contributed by atoms with Gasteiger partial charge in [-0.1, -0.05) is 13.8 Å². The summed E-state index contributed by atoms with van der Waals surface area (Å²) in [6.07, 6.45) is 0.849. The molecule has 0 bridgehead atoms. The molecule has 1 aliphatic rings. The number of carbonyl (C=O) groups is 1. The number of hydrogen-bond donors (Lipinski definition) is 1. The lowest BCUT2D eigenvalue weighted by atomic mass is 9.99. The lowest BCUT2D eigenvalue weighted by molar-refractivity contribution is 0.0943. The summed E-state index contributed by atoms with van der Waals surface area (Å²) in [5.41, 5.74) is 3.57. The summed E-state index contributed by atoms with van der Waals surface area (Å²) < 4.78 is 10.8. The van der Waals surface area contributed by atoms with Crippen molar-refractivity contribution in [2.75, 3.05) is 32.2 Å². The zero-order chi connectivity index (χ0) is 20.3. The predicted octanol–water partition coefficient (Wildman–Crippen LogP) is 2.75. The van der Waals surface area contributed by atoms with Gasteiger partial charge in [-0.15, -0.1) is 0 Å². The Labute approximate surface area is 166 Å². The number of nitrogens with zero attached hydrogens (tertiary/aromatic N) is 3. The van der Waals surface area contributed by atoms with Crippen LogP contribution in [0.25, 0.3) is 0 Å². The second-order valence-electron chi connectivity index (χ2n) is 7.45. The van der Waals surface area contributed by atoms with Crippen molar-refractivity contribution in [2.45, 2.75) is 33.7 Å². The van der Waals surface area contributed by atoms with E-state index in [2.05, 4.69) is 34.0 Å². The van der Waals surface area contributed by atoms with Crippen LogP contribution in [0.5, 0.6) is 11.5 Å². The first kappa shape index (κ1) is 19.9. The highest BCUT2D eigenvalue weighted by Crippen LogP contribution is 2.33. The Kier molecular flexibility index (Phi) is 6.02. The van der Waals surface area contributed by atoms with Crippen LogP contribution < -0.4 is 19.7 Å². The average Bonchev–Trinajstić information content (AvgIpc) is 2.69. The summed E-state index contributed by atoms with van der Waals surface area (Å²) in [7, 11) is 3.28. The van der Waals surface area contributed by atoms with Crippen molar-refractivity contribution in [1.82, 2.24) is 15.3 Å². The fourth-order valence-electron chi connectivity index (χ4n) is 3.25. The molecular formula is C21H28N4O3. The first-order valence-corrected chi connectivity index (χ1v) is 9.54. The molecule has 2 heterocycles. The van der Waals surface area contributed by atoms with Gasteiger partial charge in [0, 0.05) is 25.3 Å². The summed E-state index contributed by atoms with van der Waals surface area (Å²) >= 11 is 0. The lowest BCUT2D eigenvalue weighted by Crippen LogP contribution is -2.33. The van der Waals surface area contributed by atoms with Gasteiger partial charge >= 0.3 is 0 Å². The number of amides is 1. The highest BCUT2D eigenvalue weighted by atomic mass is 16.5. The third kappa shape index (κ3) is 4.35. The van der Waals surface area contributed by atoms with Crippen molar-refractivity contribution in [3.05, 3.63) is 40.7 Å². The van der Waals surface area contributed by atoms with E-state index >= 15 is 0 Å². The number of nitrogens with one attached hydrogen (secondary N) is 1. The summed E-state index contributed by atoms with van der Waals surface area (Å²) in [4.78, 5) is 23.6. The quantitative estimate of drug-likeness (QED) is 0.825. The molecule has 1 aromatic carbocycles. The molecule has 0 saturated heterocycles. The van der Waals surface area contributed by atoms with Gasteiger partial charge in [0.1, 0.15) is 5.69 Å². The molecule has 0 unspecified atom stereocenters. The van der Waals surface area contributed by atoms with Gasteiger partial charge in [-0.2, -0.15) is 0 Å². The average molecular weight is 384 g/mol. The van der Waals surface area contributed by atoms with Crippen LogP contribution in [0.3, 0.4) is 0 Å². The van der Waals surface area contributed by atoms with Gasteiger partial charge in [0.2, 0.25) is 5.95 Å². The number of methoxy groups -OCH3 is 2. The van der Waals surface area contributed by atoms with Crippen LogP contribution in [0, 0.1) is 12.8 Å². The molecule has 0 radical (unpaired) electrons. The topological polar surface area (TPSA) is 76.6 Å². The Balaban J connectivity index is 1.84. The number of carbonyl (C=O) groups excluding carboxylic acids is 1. The molecule has 1 aromatic heterocycles. The zero-order valence-electron chi connectivity index (χ0n) is 17.2. The van der Waals surface area contributed by atoms with Crippen LogP contribution in [0.1, 0.15) is 41.2 Å². The largest absolute Gasteiger partial charge is 0.493 e. The van der Waals surface area contributed by atoms with Gasteiger partial charge in [-0.3, -0.25) is 4.79 Å². The van der Waals surface area contributed by atoms with E-state index in [0.29, 0.717) is 36.4 Å². The maximum absolute atomic E-state index is 12.4. The molecule has 0 spiro atoms. The Morgan fingerprint density at radius 2 is 1.82 bits per heavy atom. The second kappa shape index (κ2) is 8.46. The van der Waals surface area contributed by atoms with Gasteiger partial charge in [0.25, 0.3) is 5.91 Å². The second-order valence-corrected chi connectivity index (χ2v) is 7.45. The molecule has 0 saturated carbocycles. The van der Waals surface area contributed by atoms with E-state index in [1.165, 1.54) is 5.56 Å². The smallest absolute Gasteiger partial charge is 0.270 e. The van der Waals surface area contributed by atoms with E-state index < -0.39 is 0 Å². The number of ether oxygens (including phenoxy) is 2. The number of anilines is 1. The normalized spacial score (nSPS) is 13.3. The first-order chi connectivity index (χ1) is 13.4. The minimum absolute atomic E-state index is 0.163. The monoisotopic (exact) mass is 384 g/mol. The minimum Gasteiger partial charge on any atom is -0.493 e. The molecule has 7 nitrogen and oxygen atoms in total. The van der Waals surface area contributed by atoms with Crippen LogP contribution in [0.15, 0.2) is 18.2 Å². The number of aromatic nitrogens is 2. The van der Waals surface area contributed by atoms with Crippen LogP contribution in [0.4, 0.5) is 5.95 Å². The Hall–Kier alpha value is -2.83. The molecule has 0 atom stereocenters. The maximum atomic E-state index is 12.4. The van der Waals surface area contributed by atoms with E-state index in [4.69, 9.17) is 9.47 Å². The van der Waals surface area contributed by atoms with Crippen molar-refractivity contribution in [3.8, 4) is 11.5 Å². The van der Waals surface area contributed by atoms with Crippen molar-refractivity contribution < 1.29 is 14.3 Å². The van der Waals surface area contributed by atoms with Crippen LogP contribution >= 0.6 is 0 Å². The first-order valence-electron chi connectivity index (χ1n) is 9.54. The third-order valence-corrected chi connectivity index (χ3v) is 4.75. The van der Waals surface area contributed by atoms with Crippen LogP contribution in [-0.4, -0.2) is 43.2 Å². The summed E-state index contributed by atoms with van der Waals surface area (Å²) in [6, 6.07) is 5.77. The van der Waals surface area contributed by atoms with Crippen molar-refractivity contribution in [2.24, 2.45) is 5.92 Å². The third-order valence-electron chi connectivity index (χ3n) is 4.75. The number of aryl methyl sites for hydroxylation is 1. The molecule has 1 amide bonds. The summed E-state index contributed by atoms with van der Waals surface area (Å²) in [5, 5.41) is 2.92. The number of hydrogen-bond acceptors (Lipinski definition) is 6. The van der Waals surface area contributed by atoms with E-state index in [0.717, 1.165) is 30.0 Å². The Morgan fingerprint density at radius 1 is 1.14 bits per heavy atom. The van der Waals surface area contributed by atoms with E-state index in [9.17, 15) is 4.79 Å². The standard InChI is InChI=1S/C21H28N4O3/c1-13(2)11-22-20(26)17-8-14(3)23-21(24-17)25-7-6-15-9-18(27-4)19(28-5)10-16(15)12-25/h8-10,13H,6-7,11-12H2,1-5H3,(H,22,26). The molecule has 0 aliphatic carbocycles. The van der Waals surface area contributed by atoms with Gasteiger partial charge < -0.3 is 19.7 Å². The van der Waals surface area contributed by atoms with Gasteiger partial charge in [-0.25, -0.2) is 9.97 Å². The molecule has 1 aliphatic heterocycles. The Bertz CT molecular complexity index is 867. The van der Waals surface area contributed by atoms with Crippen LogP contribution in [0.2, 0.25) is 0 Å². The van der Waals surface area contributed by atoms with Crippen LogP contribution in [-0.2, 0) is 13.0 Å². The zero-order valence-corrected chi connectivity index (χ0v) is 17.2. The van der Waals surface area contributed by atoms with Gasteiger partial charge in [-0.05, 0) is 48.6 Å². The highest BCUT2D eigenvalue weighted by Gasteiger charge is 2.22. The molecule has 2 aromatic rings. The highest BCUT2D eigenvalue weighted by molar-refractivity contribution is 5.92. The predicted molar refractivity (Wildman–Crippen MR) is 108 cm³/mol. The summed E-state index contributed by atoms with van der Waals surface area (Å²) in [5.74, 6) is 2.25. The van der Waals surface area contributed by atoms with Gasteiger partial charge in [0.05, 0.1) is 14.2 Å². The van der Waals surface area contributed by atoms with Crippen molar-refractivity contribution in [3.63, 3.8) is 0 Å². The molecule has 7 heteroatoms. The number of rotatable bonds is 6. The molecule has 150 valence electrons. The molecule has 28 heavy (non-hydrogen) atoms. The van der Waals surface area contributed by atoms with E-state index in [1.807, 2.05) is 19.1 Å². The SMILES string of the molecule is COc1cc2c(cc1OC)CN(c1nc(C)cc(C(=O)NCC(C)C)n1)CC2. The van der Waals surface area contributed by atoms with Crippen molar-refractivity contribution in [1.29, 1.82) is 0 Å². The summed E-state index contributed by atoms with van der Waals surface area (Å²) in [6.45, 7) is 8.06. The van der Waals surface area contributed by atoms with E-state index in [1.54, 1.807) is 20.3 Å². The molecule has 1 N–H and O–H groups in total. The minimum atomic E-state index is -0.163. The van der Waals surface area contributed by atoms with Gasteiger partial charge in [0.15, 0.2) is 11.5 Å². The molecule has 0 fully saturated rings. The number of fused-ring (bicyclic) bond motifs is 1. The Morgan fingerprint density at radius 3 is 2.46 bits per heavy atom. The van der Waals surface area contributed by atoms with E-state index in [-0.39, 0.29) is 5.91 Å².